The summed E-state index contributed by atoms with van der Waals surface area (Å²) in [5.41, 5.74) is 6.23. The SMILES string of the molecule is C=C1C(C)C/C(=C\C=C2/CCCC3(CC)[C@@H](C(=C)CC)CC[C@@]23C)C[C@H]1O. The van der Waals surface area contributed by atoms with E-state index in [1.807, 2.05) is 0 Å². The van der Waals surface area contributed by atoms with Crippen molar-refractivity contribution in [1.29, 1.82) is 0 Å². The number of fused-ring (bicyclic) bond motifs is 1. The Kier molecular flexibility index (Phi) is 5.92. The van der Waals surface area contributed by atoms with E-state index >= 15 is 0 Å². The molecule has 0 aliphatic heterocycles. The maximum absolute atomic E-state index is 10.3. The normalized spacial score (nSPS) is 42.6. The Labute approximate surface area is 167 Å². The third-order valence-corrected chi connectivity index (χ3v) is 8.66. The fraction of sp³-hybridized carbons (Fsp3) is 0.692. The number of hydrogen-bond acceptors (Lipinski definition) is 1. The third kappa shape index (κ3) is 3.31. The van der Waals surface area contributed by atoms with Gasteiger partial charge in [-0.2, -0.15) is 0 Å². The van der Waals surface area contributed by atoms with E-state index in [-0.39, 0.29) is 6.10 Å². The van der Waals surface area contributed by atoms with Gasteiger partial charge in [-0.25, -0.2) is 0 Å². The van der Waals surface area contributed by atoms with Crippen LogP contribution < -0.4 is 0 Å². The molecule has 1 heteroatoms. The molecule has 0 aromatic heterocycles. The fourth-order valence-electron chi connectivity index (χ4n) is 6.74. The summed E-state index contributed by atoms with van der Waals surface area (Å²) in [5.74, 6) is 1.08. The summed E-state index contributed by atoms with van der Waals surface area (Å²) in [6.45, 7) is 18.0. The van der Waals surface area contributed by atoms with Crippen molar-refractivity contribution in [3.05, 3.63) is 47.6 Å². The molecule has 1 N–H and O–H groups in total. The van der Waals surface area contributed by atoms with E-state index in [9.17, 15) is 5.11 Å². The van der Waals surface area contributed by atoms with E-state index in [4.69, 9.17) is 0 Å². The molecule has 0 amide bonds. The first-order chi connectivity index (χ1) is 12.8. The molecule has 0 spiro atoms. The quantitative estimate of drug-likeness (QED) is 0.522. The second kappa shape index (κ2) is 7.74. The predicted molar refractivity (Wildman–Crippen MR) is 117 cm³/mol. The zero-order valence-electron chi connectivity index (χ0n) is 18.1. The number of hydrogen-bond donors (Lipinski definition) is 1. The lowest BCUT2D eigenvalue weighted by Gasteiger charge is -2.52. The zero-order chi connectivity index (χ0) is 19.8. The Bertz CT molecular complexity index is 650. The van der Waals surface area contributed by atoms with Gasteiger partial charge in [0.25, 0.3) is 0 Å². The van der Waals surface area contributed by atoms with Gasteiger partial charge in [0.15, 0.2) is 0 Å². The molecule has 0 saturated heterocycles. The Hall–Kier alpha value is -1.08. The molecule has 1 nitrogen and oxygen atoms in total. The van der Waals surface area contributed by atoms with Crippen molar-refractivity contribution in [3.8, 4) is 0 Å². The fourth-order valence-corrected chi connectivity index (χ4v) is 6.74. The van der Waals surface area contributed by atoms with Crippen LogP contribution in [0.25, 0.3) is 0 Å². The van der Waals surface area contributed by atoms with Crippen LogP contribution in [0.2, 0.25) is 0 Å². The molecule has 3 rings (SSSR count). The average molecular weight is 369 g/mol. The molecule has 3 aliphatic rings. The van der Waals surface area contributed by atoms with Gasteiger partial charge in [-0.15, -0.1) is 0 Å². The molecule has 3 fully saturated rings. The first-order valence-corrected chi connectivity index (χ1v) is 11.2. The highest BCUT2D eigenvalue weighted by molar-refractivity contribution is 5.33. The summed E-state index contributed by atoms with van der Waals surface area (Å²) in [6.07, 6.45) is 15.1. The summed E-state index contributed by atoms with van der Waals surface area (Å²) >= 11 is 0. The summed E-state index contributed by atoms with van der Waals surface area (Å²) in [6, 6.07) is 0. The summed E-state index contributed by atoms with van der Waals surface area (Å²) in [7, 11) is 0. The van der Waals surface area contributed by atoms with Crippen LogP contribution in [-0.2, 0) is 0 Å². The number of aliphatic hydroxyl groups is 1. The lowest BCUT2D eigenvalue weighted by Crippen LogP contribution is -2.43. The van der Waals surface area contributed by atoms with Gasteiger partial charge in [0, 0.05) is 0 Å². The number of allylic oxidation sites excluding steroid dienone is 4. The Balaban J connectivity index is 1.91. The Morgan fingerprint density at radius 2 is 1.96 bits per heavy atom. The van der Waals surface area contributed by atoms with Crippen molar-refractivity contribution in [1.82, 2.24) is 0 Å². The van der Waals surface area contributed by atoms with Crippen molar-refractivity contribution in [3.63, 3.8) is 0 Å². The van der Waals surface area contributed by atoms with Gasteiger partial charge in [-0.05, 0) is 86.0 Å². The van der Waals surface area contributed by atoms with Gasteiger partial charge < -0.3 is 5.11 Å². The van der Waals surface area contributed by atoms with Crippen molar-refractivity contribution >= 4 is 0 Å². The van der Waals surface area contributed by atoms with Crippen LogP contribution in [0.15, 0.2) is 47.6 Å². The van der Waals surface area contributed by atoms with Crippen molar-refractivity contribution in [2.75, 3.05) is 0 Å². The molecule has 0 aromatic rings. The van der Waals surface area contributed by atoms with E-state index in [1.165, 1.54) is 49.7 Å². The number of rotatable bonds is 4. The van der Waals surface area contributed by atoms with Gasteiger partial charge in [0.2, 0.25) is 0 Å². The molecule has 3 saturated carbocycles. The smallest absolute Gasteiger partial charge is 0.0787 e. The van der Waals surface area contributed by atoms with Gasteiger partial charge >= 0.3 is 0 Å². The predicted octanol–water partition coefficient (Wildman–Crippen LogP) is 7.15. The average Bonchev–Trinajstić information content (AvgIpc) is 2.97. The van der Waals surface area contributed by atoms with Crippen LogP contribution >= 0.6 is 0 Å². The number of aliphatic hydroxyl groups excluding tert-OH is 1. The summed E-state index contributed by atoms with van der Waals surface area (Å²) in [5, 5.41) is 10.3. The molecule has 0 radical (unpaired) electrons. The first kappa shape index (κ1) is 20.6. The van der Waals surface area contributed by atoms with E-state index in [0.717, 1.165) is 24.8 Å². The molecule has 27 heavy (non-hydrogen) atoms. The topological polar surface area (TPSA) is 20.2 Å². The highest BCUT2D eigenvalue weighted by Gasteiger charge is 2.58. The van der Waals surface area contributed by atoms with Crippen LogP contribution in [0.5, 0.6) is 0 Å². The second-order valence-electron chi connectivity index (χ2n) is 9.72. The van der Waals surface area contributed by atoms with Gasteiger partial charge in [-0.1, -0.05) is 69.7 Å². The molecule has 2 unspecified atom stereocenters. The van der Waals surface area contributed by atoms with E-state index in [1.54, 1.807) is 5.57 Å². The van der Waals surface area contributed by atoms with Crippen LogP contribution in [0.1, 0.15) is 85.5 Å². The van der Waals surface area contributed by atoms with E-state index in [2.05, 4.69) is 53.0 Å². The van der Waals surface area contributed by atoms with Crippen LogP contribution in [0.4, 0.5) is 0 Å². The van der Waals surface area contributed by atoms with Crippen LogP contribution in [0, 0.1) is 22.7 Å². The van der Waals surface area contributed by atoms with Crippen LogP contribution in [-0.4, -0.2) is 11.2 Å². The molecule has 3 aliphatic carbocycles. The highest BCUT2D eigenvalue weighted by atomic mass is 16.3. The molecular formula is C26H40O. The Morgan fingerprint density at radius 1 is 1.22 bits per heavy atom. The molecule has 5 atom stereocenters. The molecule has 150 valence electrons. The molecule has 0 heterocycles. The summed E-state index contributed by atoms with van der Waals surface area (Å²) < 4.78 is 0. The maximum atomic E-state index is 10.3. The van der Waals surface area contributed by atoms with Crippen LogP contribution in [0.3, 0.4) is 0 Å². The lowest BCUT2D eigenvalue weighted by molar-refractivity contribution is 0.0471. The second-order valence-corrected chi connectivity index (χ2v) is 9.72. The zero-order valence-corrected chi connectivity index (χ0v) is 18.1. The van der Waals surface area contributed by atoms with Gasteiger partial charge in [-0.3, -0.25) is 0 Å². The standard InChI is InChI=1S/C26H40O/c1-7-18(3)23-13-15-25(6)22(10-9-14-26(23,25)8-2)12-11-21-16-19(4)20(5)24(27)17-21/h11-12,19,23-24,27H,3,5,7-10,13-17H2,1-2,4,6H3/b21-11+,22-12+/t19?,23-,24-,25+,26?/m1/s1. The minimum Gasteiger partial charge on any atom is -0.388 e. The van der Waals surface area contributed by atoms with Gasteiger partial charge in [0.1, 0.15) is 0 Å². The largest absolute Gasteiger partial charge is 0.388 e. The minimum atomic E-state index is -0.362. The Morgan fingerprint density at radius 3 is 2.59 bits per heavy atom. The monoisotopic (exact) mass is 368 g/mol. The molecule has 0 bridgehead atoms. The van der Waals surface area contributed by atoms with Crippen molar-refractivity contribution in [2.45, 2.75) is 91.6 Å². The van der Waals surface area contributed by atoms with Crippen molar-refractivity contribution < 1.29 is 5.11 Å². The summed E-state index contributed by atoms with van der Waals surface area (Å²) in [4.78, 5) is 0. The van der Waals surface area contributed by atoms with E-state index in [0.29, 0.717) is 22.7 Å². The highest BCUT2D eigenvalue weighted by Crippen LogP contribution is 2.68. The maximum Gasteiger partial charge on any atom is 0.0787 e. The lowest BCUT2D eigenvalue weighted by atomic mass is 9.52. The molecular weight excluding hydrogens is 328 g/mol. The van der Waals surface area contributed by atoms with Gasteiger partial charge in [0.05, 0.1) is 6.10 Å². The van der Waals surface area contributed by atoms with Crippen molar-refractivity contribution in [2.24, 2.45) is 22.7 Å². The first-order valence-electron chi connectivity index (χ1n) is 11.2. The third-order valence-electron chi connectivity index (χ3n) is 8.66. The minimum absolute atomic E-state index is 0.308. The molecule has 0 aromatic carbocycles. The van der Waals surface area contributed by atoms with E-state index < -0.39 is 0 Å².